The van der Waals surface area contributed by atoms with Crippen LogP contribution in [-0.2, 0) is 19.4 Å². The fourth-order valence-electron chi connectivity index (χ4n) is 5.09. The average molecular weight is 630 g/mol. The zero-order chi connectivity index (χ0) is 33.1. The van der Waals surface area contributed by atoms with Crippen LogP contribution in [-0.4, -0.2) is 53.5 Å². The van der Waals surface area contributed by atoms with E-state index in [9.17, 15) is 4.79 Å². The van der Waals surface area contributed by atoms with Crippen molar-refractivity contribution in [3.63, 3.8) is 0 Å². The first kappa shape index (κ1) is 36.0. The Balaban J connectivity index is 1.64. The Kier molecular flexibility index (Phi) is 11.4. The summed E-state index contributed by atoms with van der Waals surface area (Å²) in [6.07, 6.45) is 5.36. The Morgan fingerprint density at radius 3 is 2.36 bits per heavy atom. The van der Waals surface area contributed by atoms with Gasteiger partial charge in [-0.3, -0.25) is 4.98 Å². The number of hydrogen-bond donors (Lipinski definition) is 2. The number of carbonyl (C=O) groups is 1. The Hall–Kier alpha value is -2.43. The van der Waals surface area contributed by atoms with E-state index in [1.165, 1.54) is 0 Å². The molecule has 2 aromatic rings. The monoisotopic (exact) mass is 629 g/mol. The van der Waals surface area contributed by atoms with Gasteiger partial charge in [0.1, 0.15) is 11.4 Å². The number of aromatic nitrogens is 3. The van der Waals surface area contributed by atoms with Gasteiger partial charge in [0.05, 0.1) is 23.0 Å². The molecule has 2 heterocycles. The lowest BCUT2D eigenvalue weighted by atomic mass is 10.0. The molecule has 1 amide bonds. The Bertz CT molecular complexity index is 1240. The van der Waals surface area contributed by atoms with E-state index >= 15 is 0 Å². The number of ether oxygens (including phenoxy) is 2. The summed E-state index contributed by atoms with van der Waals surface area (Å²) in [7, 11) is -1.81. The number of alkyl carbamates (subject to hydrolysis) is 1. The summed E-state index contributed by atoms with van der Waals surface area (Å²) in [5.41, 5.74) is 2.19. The molecule has 1 aliphatic carbocycles. The molecule has 0 radical (unpaired) electrons. The molecule has 3 rings (SSSR count). The molecular weight excluding hydrogens is 570 g/mol. The lowest BCUT2D eigenvalue weighted by molar-refractivity contribution is 0.0436. The summed E-state index contributed by atoms with van der Waals surface area (Å²) in [6, 6.07) is 6.15. The molecule has 4 atom stereocenters. The van der Waals surface area contributed by atoms with Crippen LogP contribution in [0.15, 0.2) is 24.4 Å². The maximum atomic E-state index is 12.0. The minimum atomic E-state index is -1.81. The third-order valence-corrected chi connectivity index (χ3v) is 13.1. The van der Waals surface area contributed by atoms with E-state index in [0.29, 0.717) is 25.0 Å². The number of amides is 1. The zero-order valence-corrected chi connectivity index (χ0v) is 30.6. The summed E-state index contributed by atoms with van der Waals surface area (Å²) in [6.45, 7) is 28.1. The van der Waals surface area contributed by atoms with Crippen molar-refractivity contribution in [3.8, 4) is 0 Å². The molecule has 0 spiro atoms. The van der Waals surface area contributed by atoms with Crippen LogP contribution in [0.3, 0.4) is 0 Å². The van der Waals surface area contributed by atoms with Crippen molar-refractivity contribution in [2.24, 2.45) is 0 Å². The van der Waals surface area contributed by atoms with Crippen molar-refractivity contribution >= 4 is 25.9 Å². The van der Waals surface area contributed by atoms with Crippen molar-refractivity contribution in [2.75, 3.05) is 11.9 Å². The predicted octanol–water partition coefficient (Wildman–Crippen LogP) is 8.82. The van der Waals surface area contributed by atoms with Crippen LogP contribution >= 0.6 is 0 Å². The molecule has 10 heteroatoms. The predicted molar refractivity (Wildman–Crippen MR) is 181 cm³/mol. The minimum absolute atomic E-state index is 0.0707. The van der Waals surface area contributed by atoms with Crippen LogP contribution in [0.1, 0.15) is 125 Å². The smallest absolute Gasteiger partial charge is 0.407 e. The molecule has 44 heavy (non-hydrogen) atoms. The van der Waals surface area contributed by atoms with Crippen LogP contribution in [0.25, 0.3) is 0 Å². The van der Waals surface area contributed by atoms with Crippen molar-refractivity contribution in [3.05, 3.63) is 35.8 Å². The second-order valence-electron chi connectivity index (χ2n) is 16.0. The highest BCUT2D eigenvalue weighted by Gasteiger charge is 2.41. The first-order chi connectivity index (χ1) is 20.1. The van der Waals surface area contributed by atoms with Gasteiger partial charge in [-0.15, -0.1) is 0 Å². The Labute approximate surface area is 267 Å². The normalized spacial score (nSPS) is 19.5. The van der Waals surface area contributed by atoms with Crippen molar-refractivity contribution in [1.29, 1.82) is 0 Å². The van der Waals surface area contributed by atoms with Crippen LogP contribution in [0.5, 0.6) is 0 Å². The van der Waals surface area contributed by atoms with E-state index in [-0.39, 0.29) is 22.7 Å². The fraction of sp³-hybridized carbons (Fsp3) is 0.735. The van der Waals surface area contributed by atoms with Gasteiger partial charge >= 0.3 is 6.09 Å². The molecule has 9 nitrogen and oxygen atoms in total. The maximum absolute atomic E-state index is 12.0. The van der Waals surface area contributed by atoms with Gasteiger partial charge in [0.15, 0.2) is 8.32 Å². The van der Waals surface area contributed by atoms with E-state index in [4.69, 9.17) is 19.0 Å². The highest BCUT2D eigenvalue weighted by molar-refractivity contribution is 6.74. The van der Waals surface area contributed by atoms with Gasteiger partial charge in [0, 0.05) is 42.6 Å². The third kappa shape index (κ3) is 10.3. The van der Waals surface area contributed by atoms with Crippen molar-refractivity contribution < 1.29 is 18.7 Å². The molecule has 248 valence electrons. The SMILES string of the molecule is C[C@@H](CCO[C@H](C)c1cc(Nc2cc([C@H]3CC[C@@H](O[Si](C)(C)C(C)(C)C)C3)nn2C(C)(C)C)ccn1)NC(=O)OC(C)(C)C. The summed E-state index contributed by atoms with van der Waals surface area (Å²) in [5, 5.41) is 11.8. The molecule has 1 saturated carbocycles. The molecule has 0 aromatic carbocycles. The van der Waals surface area contributed by atoms with E-state index in [2.05, 4.69) is 81.0 Å². The number of nitrogens with one attached hydrogen (secondary N) is 2. The number of carbonyl (C=O) groups excluding carboxylic acids is 1. The Morgan fingerprint density at radius 2 is 1.75 bits per heavy atom. The average Bonchev–Trinajstić information content (AvgIpc) is 3.49. The van der Waals surface area contributed by atoms with Crippen LogP contribution < -0.4 is 10.6 Å². The summed E-state index contributed by atoms with van der Waals surface area (Å²) in [4.78, 5) is 16.6. The van der Waals surface area contributed by atoms with Gasteiger partial charge in [0.25, 0.3) is 0 Å². The molecule has 0 saturated heterocycles. The standard InChI is InChI=1S/C34H59N5O4Si/c1-23(36-31(40)42-33(6,7)8)17-19-41-24(2)28-21-26(16-18-35-28)37-30-22-29(38-39(30)32(3,4)5)25-14-15-27(20-25)43-44(12,13)34(9,10)11/h16,18,21-25,27H,14-15,17,19-20H2,1-13H3,(H,35,37)(H,36,40)/t23-,24+,25-,27+/m0/s1. The first-order valence-electron chi connectivity index (χ1n) is 16.3. The van der Waals surface area contributed by atoms with Crippen LogP contribution in [0, 0.1) is 0 Å². The number of nitrogens with zero attached hydrogens (tertiary/aromatic N) is 3. The quantitative estimate of drug-likeness (QED) is 0.240. The van der Waals surface area contributed by atoms with E-state index in [0.717, 1.165) is 42.2 Å². The molecule has 1 aliphatic rings. The van der Waals surface area contributed by atoms with Gasteiger partial charge in [-0.2, -0.15) is 5.10 Å². The summed E-state index contributed by atoms with van der Waals surface area (Å²) >= 11 is 0. The summed E-state index contributed by atoms with van der Waals surface area (Å²) < 4.78 is 20.3. The van der Waals surface area contributed by atoms with Gasteiger partial charge in [-0.25, -0.2) is 9.48 Å². The molecule has 2 aromatic heterocycles. The molecule has 0 bridgehead atoms. The molecule has 1 fully saturated rings. The van der Waals surface area contributed by atoms with Gasteiger partial charge < -0.3 is 24.5 Å². The highest BCUT2D eigenvalue weighted by atomic mass is 28.4. The zero-order valence-electron chi connectivity index (χ0n) is 29.6. The second kappa shape index (κ2) is 13.9. The topological polar surface area (TPSA) is 99.5 Å². The molecule has 2 N–H and O–H groups in total. The van der Waals surface area contributed by atoms with Gasteiger partial charge in [0.2, 0.25) is 0 Å². The highest BCUT2D eigenvalue weighted by Crippen LogP contribution is 2.43. The van der Waals surface area contributed by atoms with Crippen molar-refractivity contribution in [2.45, 2.75) is 155 Å². The number of rotatable bonds is 11. The van der Waals surface area contributed by atoms with Crippen LogP contribution in [0.2, 0.25) is 18.1 Å². The summed E-state index contributed by atoms with van der Waals surface area (Å²) in [5.74, 6) is 1.36. The molecular formula is C34H59N5O4Si. The number of anilines is 2. The largest absolute Gasteiger partial charge is 0.444 e. The van der Waals surface area contributed by atoms with E-state index in [1.54, 1.807) is 0 Å². The number of hydrogen-bond acceptors (Lipinski definition) is 7. The lowest BCUT2D eigenvalue weighted by Gasteiger charge is -2.38. The van der Waals surface area contributed by atoms with Crippen LogP contribution in [0.4, 0.5) is 16.3 Å². The lowest BCUT2D eigenvalue weighted by Crippen LogP contribution is -2.43. The fourth-order valence-corrected chi connectivity index (χ4v) is 6.49. The third-order valence-electron chi connectivity index (χ3n) is 8.59. The van der Waals surface area contributed by atoms with Gasteiger partial charge in [-0.05, 0) is 111 Å². The second-order valence-corrected chi connectivity index (χ2v) is 20.7. The van der Waals surface area contributed by atoms with E-state index in [1.807, 2.05) is 52.9 Å². The minimum Gasteiger partial charge on any atom is -0.444 e. The Morgan fingerprint density at radius 1 is 1.07 bits per heavy atom. The number of pyridine rings is 1. The maximum Gasteiger partial charge on any atom is 0.407 e. The van der Waals surface area contributed by atoms with E-state index < -0.39 is 20.0 Å². The first-order valence-corrected chi connectivity index (χ1v) is 19.2. The molecule has 0 aliphatic heterocycles. The van der Waals surface area contributed by atoms with Gasteiger partial charge in [-0.1, -0.05) is 20.8 Å². The van der Waals surface area contributed by atoms with Crippen molar-refractivity contribution in [1.82, 2.24) is 20.1 Å². The molecule has 0 unspecified atom stereocenters.